The second kappa shape index (κ2) is 6.61. The predicted molar refractivity (Wildman–Crippen MR) is 69.5 cm³/mol. The van der Waals surface area contributed by atoms with Crippen LogP contribution >= 0.6 is 12.4 Å². The maximum atomic E-state index is 12.6. The number of piperidine rings is 2. The van der Waals surface area contributed by atoms with Crippen molar-refractivity contribution in [3.63, 3.8) is 0 Å². The van der Waals surface area contributed by atoms with Gasteiger partial charge in [0, 0.05) is 19.6 Å². The molecule has 0 aromatic carbocycles. The van der Waals surface area contributed by atoms with Gasteiger partial charge in [0.2, 0.25) is 0 Å². The molecule has 0 aromatic rings. The number of aliphatic hydroxyl groups is 1. The van der Waals surface area contributed by atoms with E-state index in [0.717, 1.165) is 32.5 Å². The number of likely N-dealkylation sites (tertiary alicyclic amines) is 1. The molecule has 3 nitrogen and oxygen atoms in total. The van der Waals surface area contributed by atoms with Gasteiger partial charge in [-0.2, -0.15) is 13.2 Å². The van der Waals surface area contributed by atoms with Crippen LogP contribution in [0.25, 0.3) is 0 Å². The molecule has 0 spiro atoms. The maximum Gasteiger partial charge on any atom is 0.417 e. The molecule has 114 valence electrons. The average molecular weight is 303 g/mol. The first-order valence-electron chi connectivity index (χ1n) is 6.63. The lowest BCUT2D eigenvalue weighted by molar-refractivity contribution is -0.272. The first-order chi connectivity index (χ1) is 8.41. The van der Waals surface area contributed by atoms with Gasteiger partial charge in [0.25, 0.3) is 0 Å². The Labute approximate surface area is 117 Å². The molecular weight excluding hydrogens is 281 g/mol. The molecule has 0 bridgehead atoms. The van der Waals surface area contributed by atoms with Gasteiger partial charge in [0.1, 0.15) is 0 Å². The highest BCUT2D eigenvalue weighted by Gasteiger charge is 2.54. The zero-order valence-corrected chi connectivity index (χ0v) is 11.7. The van der Waals surface area contributed by atoms with Crippen molar-refractivity contribution in [2.24, 2.45) is 5.92 Å². The Kier molecular flexibility index (Phi) is 5.92. The smallest absolute Gasteiger partial charge is 0.380 e. The number of halogens is 4. The molecule has 2 fully saturated rings. The molecule has 2 aliphatic rings. The van der Waals surface area contributed by atoms with E-state index >= 15 is 0 Å². The fourth-order valence-corrected chi connectivity index (χ4v) is 2.83. The molecule has 2 heterocycles. The standard InChI is InChI=1S/C12H21F3N2O.ClH/c13-12(14,15)11(18)3-6-17(7-4-11)9-10-2-1-5-16-8-10;/h10,16,18H,1-9H2;1H. The summed E-state index contributed by atoms with van der Waals surface area (Å²) in [5.41, 5.74) is -2.46. The molecular formula is C12H22ClF3N2O. The molecule has 0 aliphatic carbocycles. The molecule has 2 aliphatic heterocycles. The van der Waals surface area contributed by atoms with Gasteiger partial charge in [-0.25, -0.2) is 0 Å². The van der Waals surface area contributed by atoms with Crippen LogP contribution in [0, 0.1) is 5.92 Å². The van der Waals surface area contributed by atoms with Crippen LogP contribution in [0.3, 0.4) is 0 Å². The van der Waals surface area contributed by atoms with Crippen LogP contribution in [0.15, 0.2) is 0 Å². The number of nitrogens with one attached hydrogen (secondary N) is 1. The van der Waals surface area contributed by atoms with Crippen molar-refractivity contribution in [3.05, 3.63) is 0 Å². The van der Waals surface area contributed by atoms with E-state index in [2.05, 4.69) is 10.2 Å². The number of nitrogens with zero attached hydrogens (tertiary/aromatic N) is 1. The number of rotatable bonds is 2. The Balaban J connectivity index is 0.00000180. The minimum atomic E-state index is -4.49. The van der Waals surface area contributed by atoms with E-state index < -0.39 is 11.8 Å². The molecule has 19 heavy (non-hydrogen) atoms. The summed E-state index contributed by atoms with van der Waals surface area (Å²) < 4.78 is 37.9. The zero-order chi connectivity index (χ0) is 13.2. The summed E-state index contributed by atoms with van der Waals surface area (Å²) in [6.45, 7) is 3.53. The minimum absolute atomic E-state index is 0. The fraction of sp³-hybridized carbons (Fsp3) is 1.00. The summed E-state index contributed by atoms with van der Waals surface area (Å²) in [6.07, 6.45) is -2.60. The summed E-state index contributed by atoms with van der Waals surface area (Å²) in [7, 11) is 0. The van der Waals surface area contributed by atoms with Gasteiger partial charge in [-0.1, -0.05) is 0 Å². The lowest BCUT2D eigenvalue weighted by Gasteiger charge is -2.40. The first kappa shape index (κ1) is 17.0. The zero-order valence-electron chi connectivity index (χ0n) is 10.9. The Bertz CT molecular complexity index is 275. The van der Waals surface area contributed by atoms with Gasteiger partial charge < -0.3 is 15.3 Å². The lowest BCUT2D eigenvalue weighted by Crippen LogP contribution is -2.54. The molecule has 7 heteroatoms. The molecule has 2 rings (SSSR count). The van der Waals surface area contributed by atoms with E-state index in [-0.39, 0.29) is 25.2 Å². The first-order valence-corrected chi connectivity index (χ1v) is 6.63. The summed E-state index contributed by atoms with van der Waals surface area (Å²) in [6, 6.07) is 0. The quantitative estimate of drug-likeness (QED) is 0.816. The molecule has 0 amide bonds. The van der Waals surface area contributed by atoms with E-state index in [1.807, 2.05) is 0 Å². The van der Waals surface area contributed by atoms with Gasteiger partial charge in [0.15, 0.2) is 5.60 Å². The van der Waals surface area contributed by atoms with Gasteiger partial charge in [-0.15, -0.1) is 12.4 Å². The van der Waals surface area contributed by atoms with Crippen LogP contribution < -0.4 is 5.32 Å². The van der Waals surface area contributed by atoms with Crippen LogP contribution in [0.5, 0.6) is 0 Å². The highest BCUT2D eigenvalue weighted by atomic mass is 35.5. The van der Waals surface area contributed by atoms with Crippen LogP contribution in [0.1, 0.15) is 25.7 Å². The van der Waals surface area contributed by atoms with Crippen LogP contribution in [0.4, 0.5) is 13.2 Å². The summed E-state index contributed by atoms with van der Waals surface area (Å²) in [5.74, 6) is 0.538. The second-order valence-electron chi connectivity index (χ2n) is 5.54. The summed E-state index contributed by atoms with van der Waals surface area (Å²) in [4.78, 5) is 2.05. The Hall–Kier alpha value is -0.0400. The topological polar surface area (TPSA) is 35.5 Å². The number of alkyl halides is 3. The normalized spacial score (nSPS) is 28.7. The van der Waals surface area contributed by atoms with E-state index in [9.17, 15) is 18.3 Å². The Morgan fingerprint density at radius 1 is 1.26 bits per heavy atom. The SMILES string of the molecule is Cl.OC1(C(F)(F)F)CCN(CC2CCCNC2)CC1. The van der Waals surface area contributed by atoms with Crippen LogP contribution in [-0.2, 0) is 0 Å². The average Bonchev–Trinajstić information content (AvgIpc) is 2.32. The highest BCUT2D eigenvalue weighted by Crippen LogP contribution is 2.38. The number of hydrogen-bond donors (Lipinski definition) is 2. The van der Waals surface area contributed by atoms with Gasteiger partial charge in [0.05, 0.1) is 0 Å². The van der Waals surface area contributed by atoms with Crippen LogP contribution in [0.2, 0.25) is 0 Å². The van der Waals surface area contributed by atoms with Crippen molar-refractivity contribution >= 4 is 12.4 Å². The van der Waals surface area contributed by atoms with Crippen molar-refractivity contribution < 1.29 is 18.3 Å². The van der Waals surface area contributed by atoms with Crippen molar-refractivity contribution in [2.45, 2.75) is 37.5 Å². The molecule has 2 N–H and O–H groups in total. The third kappa shape index (κ3) is 4.21. The number of hydrogen-bond acceptors (Lipinski definition) is 3. The van der Waals surface area contributed by atoms with E-state index in [4.69, 9.17) is 0 Å². The Morgan fingerprint density at radius 2 is 1.89 bits per heavy atom. The van der Waals surface area contributed by atoms with Crippen molar-refractivity contribution in [2.75, 3.05) is 32.7 Å². The van der Waals surface area contributed by atoms with Crippen molar-refractivity contribution in [1.29, 1.82) is 0 Å². The summed E-state index contributed by atoms with van der Waals surface area (Å²) >= 11 is 0. The summed E-state index contributed by atoms with van der Waals surface area (Å²) in [5, 5.41) is 12.9. The predicted octanol–water partition coefficient (Wildman–Crippen LogP) is 1.80. The largest absolute Gasteiger partial charge is 0.417 e. The molecule has 0 saturated carbocycles. The second-order valence-corrected chi connectivity index (χ2v) is 5.54. The molecule has 1 atom stereocenters. The fourth-order valence-electron chi connectivity index (χ4n) is 2.83. The molecule has 0 radical (unpaired) electrons. The minimum Gasteiger partial charge on any atom is -0.380 e. The third-order valence-corrected chi connectivity index (χ3v) is 4.13. The molecule has 0 aromatic heterocycles. The maximum absolute atomic E-state index is 12.6. The highest BCUT2D eigenvalue weighted by molar-refractivity contribution is 5.85. The molecule has 1 unspecified atom stereocenters. The van der Waals surface area contributed by atoms with E-state index in [0.29, 0.717) is 19.0 Å². The van der Waals surface area contributed by atoms with Crippen molar-refractivity contribution in [3.8, 4) is 0 Å². The van der Waals surface area contributed by atoms with Gasteiger partial charge in [-0.05, 0) is 44.7 Å². The van der Waals surface area contributed by atoms with E-state index in [1.165, 1.54) is 0 Å². The van der Waals surface area contributed by atoms with Gasteiger partial charge >= 0.3 is 6.18 Å². The third-order valence-electron chi connectivity index (χ3n) is 4.13. The monoisotopic (exact) mass is 302 g/mol. The van der Waals surface area contributed by atoms with E-state index in [1.54, 1.807) is 0 Å². The van der Waals surface area contributed by atoms with Crippen molar-refractivity contribution in [1.82, 2.24) is 10.2 Å². The van der Waals surface area contributed by atoms with Gasteiger partial charge in [-0.3, -0.25) is 0 Å². The Morgan fingerprint density at radius 3 is 2.37 bits per heavy atom. The molecule has 2 saturated heterocycles. The van der Waals surface area contributed by atoms with Crippen LogP contribution in [-0.4, -0.2) is 54.5 Å². The lowest BCUT2D eigenvalue weighted by atomic mass is 9.89.